The highest BCUT2D eigenvalue weighted by Gasteiger charge is 2.16. The fourth-order valence-corrected chi connectivity index (χ4v) is 1.62. The summed E-state index contributed by atoms with van der Waals surface area (Å²) in [4.78, 5) is 11.6. The van der Waals surface area contributed by atoms with Gasteiger partial charge in [-0.25, -0.2) is 0 Å². The topological polar surface area (TPSA) is 47.6 Å². The molecule has 4 heteroatoms. The van der Waals surface area contributed by atoms with Gasteiger partial charge in [-0.05, 0) is 45.4 Å². The van der Waals surface area contributed by atoms with Crippen LogP contribution < -0.4 is 10.1 Å². The van der Waals surface area contributed by atoms with Gasteiger partial charge in [-0.15, -0.1) is 0 Å². The van der Waals surface area contributed by atoms with Crippen LogP contribution in [0, 0.1) is 0 Å². The molecule has 0 aliphatic heterocycles. The predicted molar refractivity (Wildman–Crippen MR) is 75.3 cm³/mol. The van der Waals surface area contributed by atoms with Gasteiger partial charge in [0.2, 0.25) is 0 Å². The van der Waals surface area contributed by atoms with Crippen LogP contribution in [-0.4, -0.2) is 25.2 Å². The summed E-state index contributed by atoms with van der Waals surface area (Å²) in [6, 6.07) is 7.84. The maximum Gasteiger partial charge on any atom is 0.320 e. The quantitative estimate of drug-likeness (QED) is 0.832. The highest BCUT2D eigenvalue weighted by Crippen LogP contribution is 2.17. The zero-order chi connectivity index (χ0) is 14.5. The summed E-state index contributed by atoms with van der Waals surface area (Å²) < 4.78 is 10.3. The highest BCUT2D eigenvalue weighted by atomic mass is 16.6. The number of ether oxygens (including phenoxy) is 2. The van der Waals surface area contributed by atoms with Crippen LogP contribution in [-0.2, 0) is 9.53 Å². The first kappa shape index (κ1) is 15.5. The zero-order valence-corrected chi connectivity index (χ0v) is 12.3. The Kier molecular flexibility index (Phi) is 5.36. The first-order valence-corrected chi connectivity index (χ1v) is 6.41. The summed E-state index contributed by atoms with van der Waals surface area (Å²) in [5.74, 6) is 0.580. The summed E-state index contributed by atoms with van der Waals surface area (Å²) in [6.45, 7) is 7.78. The molecule has 19 heavy (non-hydrogen) atoms. The average molecular weight is 265 g/mol. The molecule has 0 radical (unpaired) electrons. The second-order valence-corrected chi connectivity index (χ2v) is 5.46. The Morgan fingerprint density at radius 3 is 2.32 bits per heavy atom. The molecule has 1 aromatic rings. The normalized spacial score (nSPS) is 12.9. The second-order valence-electron chi connectivity index (χ2n) is 5.46. The van der Waals surface area contributed by atoms with E-state index in [0.29, 0.717) is 0 Å². The Morgan fingerprint density at radius 1 is 1.26 bits per heavy atom. The maximum atomic E-state index is 11.6. The average Bonchev–Trinajstić information content (AvgIpc) is 2.34. The van der Waals surface area contributed by atoms with E-state index in [2.05, 4.69) is 5.32 Å². The van der Waals surface area contributed by atoms with Gasteiger partial charge in [0.15, 0.2) is 0 Å². The molecule has 106 valence electrons. The highest BCUT2D eigenvalue weighted by molar-refractivity contribution is 5.72. The van der Waals surface area contributed by atoms with Gasteiger partial charge in [0.1, 0.15) is 11.4 Å². The number of hydrogen-bond donors (Lipinski definition) is 1. The van der Waals surface area contributed by atoms with Gasteiger partial charge in [-0.1, -0.05) is 12.1 Å². The summed E-state index contributed by atoms with van der Waals surface area (Å²) >= 11 is 0. The van der Waals surface area contributed by atoms with Crippen molar-refractivity contribution in [3.8, 4) is 5.75 Å². The molecule has 1 N–H and O–H groups in total. The smallest absolute Gasteiger partial charge is 0.320 e. The fourth-order valence-electron chi connectivity index (χ4n) is 1.62. The lowest BCUT2D eigenvalue weighted by atomic mass is 10.1. The van der Waals surface area contributed by atoms with Crippen LogP contribution >= 0.6 is 0 Å². The molecular weight excluding hydrogens is 242 g/mol. The number of esters is 1. The predicted octanol–water partition coefficient (Wildman–Crippen LogP) is 2.69. The Labute approximate surface area is 115 Å². The Balaban J connectivity index is 2.46. The minimum Gasteiger partial charge on any atom is -0.497 e. The molecule has 0 saturated heterocycles. The van der Waals surface area contributed by atoms with E-state index in [1.54, 1.807) is 7.11 Å². The van der Waals surface area contributed by atoms with Crippen molar-refractivity contribution >= 4 is 5.97 Å². The molecule has 0 aliphatic rings. The van der Waals surface area contributed by atoms with E-state index in [0.717, 1.165) is 11.3 Å². The summed E-state index contributed by atoms with van der Waals surface area (Å²) in [6.07, 6.45) is 0. The van der Waals surface area contributed by atoms with Gasteiger partial charge in [0.25, 0.3) is 0 Å². The van der Waals surface area contributed by atoms with Crippen molar-refractivity contribution in [2.24, 2.45) is 0 Å². The van der Waals surface area contributed by atoms with Gasteiger partial charge in [0, 0.05) is 6.04 Å². The third kappa shape index (κ3) is 5.75. The number of benzene rings is 1. The number of hydrogen-bond acceptors (Lipinski definition) is 4. The first-order valence-electron chi connectivity index (χ1n) is 6.41. The minimum absolute atomic E-state index is 0.0819. The van der Waals surface area contributed by atoms with Crippen molar-refractivity contribution in [1.29, 1.82) is 0 Å². The molecule has 0 heterocycles. The van der Waals surface area contributed by atoms with Gasteiger partial charge in [-0.2, -0.15) is 0 Å². The lowest BCUT2D eigenvalue weighted by Crippen LogP contribution is -2.32. The molecule has 0 unspecified atom stereocenters. The molecule has 1 aromatic carbocycles. The third-order valence-electron chi connectivity index (χ3n) is 2.59. The first-order chi connectivity index (χ1) is 8.81. The molecule has 1 rings (SSSR count). The van der Waals surface area contributed by atoms with E-state index < -0.39 is 5.60 Å². The molecule has 0 amide bonds. The van der Waals surface area contributed by atoms with Crippen LogP contribution in [0.3, 0.4) is 0 Å². The van der Waals surface area contributed by atoms with E-state index in [9.17, 15) is 4.79 Å². The number of methoxy groups -OCH3 is 1. The van der Waals surface area contributed by atoms with Crippen molar-refractivity contribution in [2.75, 3.05) is 13.7 Å². The van der Waals surface area contributed by atoms with Crippen molar-refractivity contribution in [3.05, 3.63) is 29.8 Å². The second kappa shape index (κ2) is 6.57. The Morgan fingerprint density at radius 2 is 1.84 bits per heavy atom. The van der Waals surface area contributed by atoms with E-state index >= 15 is 0 Å². The van der Waals surface area contributed by atoms with Crippen molar-refractivity contribution < 1.29 is 14.3 Å². The SMILES string of the molecule is COc1ccc([C@@H](C)NCC(=O)OC(C)(C)C)cc1. The van der Waals surface area contributed by atoms with Crippen LogP contribution in [0.1, 0.15) is 39.3 Å². The minimum atomic E-state index is -0.442. The van der Waals surface area contributed by atoms with E-state index in [-0.39, 0.29) is 18.6 Å². The van der Waals surface area contributed by atoms with Crippen molar-refractivity contribution in [2.45, 2.75) is 39.3 Å². The van der Waals surface area contributed by atoms with Gasteiger partial charge >= 0.3 is 5.97 Å². The zero-order valence-electron chi connectivity index (χ0n) is 12.3. The standard InChI is InChI=1S/C15H23NO3/c1-11(12-6-8-13(18-5)9-7-12)16-10-14(17)19-15(2,3)4/h6-9,11,16H,10H2,1-5H3/t11-/m1/s1. The molecule has 4 nitrogen and oxygen atoms in total. The lowest BCUT2D eigenvalue weighted by molar-refractivity contribution is -0.153. The number of carbonyl (C=O) groups is 1. The molecule has 0 fully saturated rings. The Hall–Kier alpha value is -1.55. The lowest BCUT2D eigenvalue weighted by Gasteiger charge is -2.21. The number of nitrogens with one attached hydrogen (secondary N) is 1. The molecule has 0 aromatic heterocycles. The van der Waals surface area contributed by atoms with E-state index in [4.69, 9.17) is 9.47 Å². The number of rotatable bonds is 5. The Bertz CT molecular complexity index is 406. The largest absolute Gasteiger partial charge is 0.497 e. The summed E-state index contributed by atoms with van der Waals surface area (Å²) in [5.41, 5.74) is 0.659. The molecule has 0 bridgehead atoms. The van der Waals surface area contributed by atoms with Gasteiger partial charge in [0.05, 0.1) is 13.7 Å². The monoisotopic (exact) mass is 265 g/mol. The van der Waals surface area contributed by atoms with Crippen LogP contribution in [0.15, 0.2) is 24.3 Å². The molecule has 1 atom stereocenters. The van der Waals surface area contributed by atoms with Crippen LogP contribution in [0.4, 0.5) is 0 Å². The molecule has 0 aliphatic carbocycles. The van der Waals surface area contributed by atoms with Crippen LogP contribution in [0.25, 0.3) is 0 Å². The van der Waals surface area contributed by atoms with Gasteiger partial charge < -0.3 is 14.8 Å². The maximum absolute atomic E-state index is 11.6. The molecule has 0 saturated carbocycles. The summed E-state index contributed by atoms with van der Waals surface area (Å²) in [5, 5.41) is 3.14. The molecule has 0 spiro atoms. The molecular formula is C15H23NO3. The van der Waals surface area contributed by atoms with Crippen molar-refractivity contribution in [3.63, 3.8) is 0 Å². The van der Waals surface area contributed by atoms with Gasteiger partial charge in [-0.3, -0.25) is 4.79 Å². The third-order valence-corrected chi connectivity index (χ3v) is 2.59. The van der Waals surface area contributed by atoms with E-state index in [1.165, 1.54) is 0 Å². The van der Waals surface area contributed by atoms with Crippen molar-refractivity contribution in [1.82, 2.24) is 5.32 Å². The fraction of sp³-hybridized carbons (Fsp3) is 0.533. The summed E-state index contributed by atoms with van der Waals surface area (Å²) in [7, 11) is 1.64. The van der Waals surface area contributed by atoms with Crippen LogP contribution in [0.2, 0.25) is 0 Å². The number of carbonyl (C=O) groups excluding carboxylic acids is 1. The van der Waals surface area contributed by atoms with Crippen LogP contribution in [0.5, 0.6) is 5.75 Å². The van der Waals surface area contributed by atoms with E-state index in [1.807, 2.05) is 52.0 Å².